The van der Waals surface area contributed by atoms with Crippen molar-refractivity contribution < 1.29 is 4.79 Å². The van der Waals surface area contributed by atoms with Crippen LogP contribution in [-0.4, -0.2) is 25.5 Å². The number of carbonyl (C=O) groups excluding carboxylic acids is 1. The van der Waals surface area contributed by atoms with Gasteiger partial charge in [0.15, 0.2) is 0 Å². The maximum atomic E-state index is 11.1. The quantitative estimate of drug-likeness (QED) is 0.728. The molecule has 0 saturated carbocycles. The molecule has 1 heterocycles. The van der Waals surface area contributed by atoms with E-state index >= 15 is 0 Å². The summed E-state index contributed by atoms with van der Waals surface area (Å²) >= 11 is 3.36. The van der Waals surface area contributed by atoms with Crippen molar-refractivity contribution >= 4 is 27.5 Å². The fourth-order valence-corrected chi connectivity index (χ4v) is 2.66. The molecule has 1 amide bonds. The van der Waals surface area contributed by atoms with E-state index in [-0.39, 0.29) is 0 Å². The van der Waals surface area contributed by atoms with E-state index in [4.69, 9.17) is 5.73 Å². The third-order valence-electron chi connectivity index (χ3n) is 3.17. The van der Waals surface area contributed by atoms with Crippen molar-refractivity contribution in [3.05, 3.63) is 39.9 Å². The summed E-state index contributed by atoms with van der Waals surface area (Å²) in [4.78, 5) is 11.1. The van der Waals surface area contributed by atoms with Crippen molar-refractivity contribution in [3.8, 4) is 0 Å². The molecule has 102 valence electrons. The van der Waals surface area contributed by atoms with Crippen LogP contribution in [0.2, 0.25) is 0 Å². The fraction of sp³-hybridized carbons (Fsp3) is 0.357. The summed E-state index contributed by atoms with van der Waals surface area (Å²) in [7, 11) is 0. The maximum absolute atomic E-state index is 11.1. The van der Waals surface area contributed by atoms with E-state index in [1.165, 1.54) is 5.57 Å². The highest BCUT2D eigenvalue weighted by molar-refractivity contribution is 9.10. The summed E-state index contributed by atoms with van der Waals surface area (Å²) < 4.78 is 0.728. The number of hydrogen-bond acceptors (Lipinski definition) is 3. The van der Waals surface area contributed by atoms with Crippen LogP contribution in [0, 0.1) is 0 Å². The number of nitrogens with one attached hydrogen (secondary N) is 2. The minimum absolute atomic E-state index is 0.418. The first-order valence-electron chi connectivity index (χ1n) is 6.38. The van der Waals surface area contributed by atoms with Gasteiger partial charge >= 0.3 is 0 Å². The third kappa shape index (κ3) is 4.08. The molecule has 5 heteroatoms. The van der Waals surface area contributed by atoms with Gasteiger partial charge in [0, 0.05) is 23.2 Å². The molecule has 1 aromatic carbocycles. The van der Waals surface area contributed by atoms with Crippen molar-refractivity contribution in [2.45, 2.75) is 12.8 Å². The maximum Gasteiger partial charge on any atom is 0.249 e. The number of amides is 1. The van der Waals surface area contributed by atoms with Crippen LogP contribution in [0.15, 0.2) is 34.3 Å². The Morgan fingerprint density at radius 1 is 1.47 bits per heavy atom. The Hall–Kier alpha value is -1.33. The first-order valence-corrected chi connectivity index (χ1v) is 7.18. The molecule has 0 unspecified atom stereocenters. The molecular weight excluding hydrogens is 306 g/mol. The zero-order chi connectivity index (χ0) is 13.7. The van der Waals surface area contributed by atoms with Gasteiger partial charge in [0.1, 0.15) is 0 Å². The minimum Gasteiger partial charge on any atom is -0.385 e. The van der Waals surface area contributed by atoms with Crippen LogP contribution in [0.5, 0.6) is 0 Å². The standard InChI is InChI=1S/C14H18BrN3O/c15-13-9-11(1-2-12(13)14(16)19)18-8-5-10-3-6-17-7-4-10/h1-3,9,17-18H,4-8H2,(H2,16,19). The van der Waals surface area contributed by atoms with E-state index in [0.717, 1.165) is 42.6 Å². The Labute approximate surface area is 121 Å². The number of benzene rings is 1. The molecule has 0 saturated heterocycles. The number of primary amides is 1. The van der Waals surface area contributed by atoms with E-state index in [1.54, 1.807) is 6.07 Å². The van der Waals surface area contributed by atoms with Crippen molar-refractivity contribution in [1.82, 2.24) is 5.32 Å². The lowest BCUT2D eigenvalue weighted by Crippen LogP contribution is -2.21. The molecule has 4 nitrogen and oxygen atoms in total. The monoisotopic (exact) mass is 323 g/mol. The molecule has 0 bridgehead atoms. The molecule has 4 N–H and O–H groups in total. The number of halogens is 1. The molecular formula is C14H18BrN3O. The molecule has 0 radical (unpaired) electrons. The Balaban J connectivity index is 1.87. The van der Waals surface area contributed by atoms with E-state index in [0.29, 0.717) is 5.56 Å². The summed E-state index contributed by atoms with van der Waals surface area (Å²) in [5.41, 5.74) is 8.26. The van der Waals surface area contributed by atoms with Gasteiger partial charge in [-0.25, -0.2) is 0 Å². The van der Waals surface area contributed by atoms with Gasteiger partial charge in [-0.3, -0.25) is 4.79 Å². The third-order valence-corrected chi connectivity index (χ3v) is 3.82. The van der Waals surface area contributed by atoms with Crippen LogP contribution in [0.1, 0.15) is 23.2 Å². The van der Waals surface area contributed by atoms with E-state index in [2.05, 4.69) is 32.6 Å². The summed E-state index contributed by atoms with van der Waals surface area (Å²) in [5, 5.41) is 6.66. The van der Waals surface area contributed by atoms with Crippen LogP contribution < -0.4 is 16.4 Å². The van der Waals surface area contributed by atoms with Crippen molar-refractivity contribution in [1.29, 1.82) is 0 Å². The lowest BCUT2D eigenvalue weighted by atomic mass is 10.1. The second kappa shape index (κ2) is 6.73. The Morgan fingerprint density at radius 2 is 2.32 bits per heavy atom. The molecule has 0 spiro atoms. The van der Waals surface area contributed by atoms with Crippen LogP contribution in [0.25, 0.3) is 0 Å². The smallest absolute Gasteiger partial charge is 0.249 e. The van der Waals surface area contributed by atoms with Gasteiger partial charge in [-0.15, -0.1) is 0 Å². The zero-order valence-electron chi connectivity index (χ0n) is 10.7. The molecule has 0 fully saturated rings. The lowest BCUT2D eigenvalue weighted by molar-refractivity contribution is 0.0999. The summed E-state index contributed by atoms with van der Waals surface area (Å²) in [6, 6.07) is 5.50. The SMILES string of the molecule is NC(=O)c1ccc(NCCC2=CCNCC2)cc1Br. The number of carbonyl (C=O) groups is 1. The van der Waals surface area contributed by atoms with Crippen molar-refractivity contribution in [2.24, 2.45) is 5.73 Å². The van der Waals surface area contributed by atoms with Crippen LogP contribution >= 0.6 is 15.9 Å². The molecule has 0 aromatic heterocycles. The van der Waals surface area contributed by atoms with Gasteiger partial charge in [-0.2, -0.15) is 0 Å². The minimum atomic E-state index is -0.418. The topological polar surface area (TPSA) is 67.2 Å². The Morgan fingerprint density at radius 3 is 2.95 bits per heavy atom. The largest absolute Gasteiger partial charge is 0.385 e. The molecule has 2 rings (SSSR count). The fourth-order valence-electron chi connectivity index (χ4n) is 2.09. The first-order chi connectivity index (χ1) is 9.16. The van der Waals surface area contributed by atoms with Crippen LogP contribution in [0.3, 0.4) is 0 Å². The van der Waals surface area contributed by atoms with Gasteiger partial charge in [-0.1, -0.05) is 11.6 Å². The molecule has 19 heavy (non-hydrogen) atoms. The summed E-state index contributed by atoms with van der Waals surface area (Å²) in [6.07, 6.45) is 4.44. The highest BCUT2D eigenvalue weighted by atomic mass is 79.9. The van der Waals surface area contributed by atoms with E-state index < -0.39 is 5.91 Å². The van der Waals surface area contributed by atoms with E-state index in [9.17, 15) is 4.79 Å². The lowest BCUT2D eigenvalue weighted by Gasteiger charge is -2.14. The highest BCUT2D eigenvalue weighted by Gasteiger charge is 2.07. The molecule has 0 aliphatic carbocycles. The van der Waals surface area contributed by atoms with Gasteiger partial charge in [-0.05, 0) is 53.5 Å². The van der Waals surface area contributed by atoms with E-state index in [1.807, 2.05) is 12.1 Å². The zero-order valence-corrected chi connectivity index (χ0v) is 12.3. The van der Waals surface area contributed by atoms with Gasteiger partial charge in [0.05, 0.1) is 5.56 Å². The number of hydrogen-bond donors (Lipinski definition) is 3. The predicted molar refractivity (Wildman–Crippen MR) is 81.3 cm³/mol. The molecule has 0 atom stereocenters. The first kappa shape index (κ1) is 14.1. The van der Waals surface area contributed by atoms with Gasteiger partial charge in [0.2, 0.25) is 5.91 Å². The van der Waals surface area contributed by atoms with Gasteiger partial charge < -0.3 is 16.4 Å². The average molecular weight is 324 g/mol. The van der Waals surface area contributed by atoms with Gasteiger partial charge in [0.25, 0.3) is 0 Å². The van der Waals surface area contributed by atoms with Crippen LogP contribution in [-0.2, 0) is 0 Å². The molecule has 1 aromatic rings. The summed E-state index contributed by atoms with van der Waals surface area (Å²) in [5.74, 6) is -0.418. The van der Waals surface area contributed by atoms with Crippen molar-refractivity contribution in [3.63, 3.8) is 0 Å². The normalized spacial score (nSPS) is 14.9. The average Bonchev–Trinajstić information content (AvgIpc) is 2.39. The number of anilines is 1. The van der Waals surface area contributed by atoms with Crippen molar-refractivity contribution in [2.75, 3.05) is 25.0 Å². The number of rotatable bonds is 5. The molecule has 1 aliphatic heterocycles. The second-order valence-electron chi connectivity index (χ2n) is 4.55. The number of nitrogens with two attached hydrogens (primary N) is 1. The summed E-state index contributed by atoms with van der Waals surface area (Å²) in [6.45, 7) is 2.95. The predicted octanol–water partition coefficient (Wildman–Crippen LogP) is 2.27. The highest BCUT2D eigenvalue weighted by Crippen LogP contribution is 2.21. The second-order valence-corrected chi connectivity index (χ2v) is 5.41. The Bertz CT molecular complexity index is 499. The Kier molecular flexibility index (Phi) is 4.99. The van der Waals surface area contributed by atoms with Crippen LogP contribution in [0.4, 0.5) is 5.69 Å². The molecule has 1 aliphatic rings.